The Labute approximate surface area is 212 Å². The summed E-state index contributed by atoms with van der Waals surface area (Å²) in [7, 11) is -3.54. The number of carbonyl (C=O) groups excluding carboxylic acids is 1. The van der Waals surface area contributed by atoms with Crippen LogP contribution < -0.4 is 4.90 Å². The number of thiazole rings is 1. The lowest BCUT2D eigenvalue weighted by molar-refractivity contribution is 0.0746. The number of benzene rings is 2. The van der Waals surface area contributed by atoms with Gasteiger partial charge in [-0.25, -0.2) is 13.4 Å². The molecule has 1 atom stereocenters. The molecule has 0 aliphatic carbocycles. The smallest absolute Gasteiger partial charge is 0.253 e. The molecule has 34 heavy (non-hydrogen) atoms. The van der Waals surface area contributed by atoms with Gasteiger partial charge in [0.05, 0.1) is 15.1 Å². The van der Waals surface area contributed by atoms with E-state index < -0.39 is 10.0 Å². The Morgan fingerprint density at radius 3 is 2.47 bits per heavy atom. The minimum Gasteiger partial charge on any atom is -0.345 e. The van der Waals surface area contributed by atoms with Crippen molar-refractivity contribution in [3.05, 3.63) is 52.5 Å². The fourth-order valence-electron chi connectivity index (χ4n) is 4.64. The van der Waals surface area contributed by atoms with Crippen LogP contribution in [0.25, 0.3) is 10.2 Å². The van der Waals surface area contributed by atoms with Crippen molar-refractivity contribution in [3.8, 4) is 0 Å². The molecule has 0 saturated carbocycles. The number of fused-ring (bicyclic) bond motifs is 1. The van der Waals surface area contributed by atoms with Crippen molar-refractivity contribution >= 4 is 58.5 Å². The van der Waals surface area contributed by atoms with Crippen LogP contribution in [-0.2, 0) is 10.0 Å². The molecule has 2 aliphatic rings. The van der Waals surface area contributed by atoms with Gasteiger partial charge in [0.2, 0.25) is 10.0 Å². The van der Waals surface area contributed by atoms with E-state index in [1.165, 1.54) is 0 Å². The van der Waals surface area contributed by atoms with Crippen LogP contribution in [0.4, 0.5) is 5.13 Å². The van der Waals surface area contributed by atoms with E-state index in [-0.39, 0.29) is 16.8 Å². The molecule has 0 bridgehead atoms. The molecular formula is C24H27BrN4O3S2. The molecule has 1 aromatic heterocycles. The largest absolute Gasteiger partial charge is 0.345 e. The van der Waals surface area contributed by atoms with Gasteiger partial charge in [0, 0.05) is 48.8 Å². The predicted octanol–water partition coefficient (Wildman–Crippen LogP) is 4.58. The van der Waals surface area contributed by atoms with Crippen LogP contribution in [0.15, 0.2) is 51.8 Å². The van der Waals surface area contributed by atoms with E-state index >= 15 is 0 Å². The molecule has 1 amide bonds. The quantitative estimate of drug-likeness (QED) is 0.465. The minimum absolute atomic E-state index is 0.00769. The zero-order valence-corrected chi connectivity index (χ0v) is 22.2. The van der Waals surface area contributed by atoms with Crippen LogP contribution in [0.2, 0.25) is 0 Å². The number of carbonyl (C=O) groups is 1. The maximum atomic E-state index is 13.1. The van der Waals surface area contributed by atoms with Crippen LogP contribution >= 0.6 is 27.3 Å². The molecule has 1 unspecified atom stereocenters. The highest BCUT2D eigenvalue weighted by Crippen LogP contribution is 2.31. The van der Waals surface area contributed by atoms with E-state index in [4.69, 9.17) is 4.98 Å². The summed E-state index contributed by atoms with van der Waals surface area (Å²) in [5.41, 5.74) is 1.50. The topological polar surface area (TPSA) is 73.8 Å². The van der Waals surface area contributed by atoms with Crippen molar-refractivity contribution in [1.29, 1.82) is 0 Å². The van der Waals surface area contributed by atoms with Crippen LogP contribution in [0.5, 0.6) is 0 Å². The third-order valence-electron chi connectivity index (χ3n) is 6.63. The lowest BCUT2D eigenvalue weighted by Crippen LogP contribution is -2.48. The van der Waals surface area contributed by atoms with Crippen LogP contribution in [0.1, 0.15) is 36.5 Å². The number of amides is 1. The highest BCUT2D eigenvalue weighted by Gasteiger charge is 2.31. The molecule has 0 radical (unpaired) electrons. The van der Waals surface area contributed by atoms with E-state index in [1.807, 2.05) is 24.0 Å². The molecule has 180 valence electrons. The molecular weight excluding hydrogens is 536 g/mol. The van der Waals surface area contributed by atoms with E-state index in [2.05, 4.69) is 26.9 Å². The number of hydrogen-bond donors (Lipinski definition) is 0. The second kappa shape index (κ2) is 9.56. The molecule has 2 saturated heterocycles. The first-order valence-electron chi connectivity index (χ1n) is 11.6. The molecule has 2 fully saturated rings. The first-order valence-corrected chi connectivity index (χ1v) is 14.6. The van der Waals surface area contributed by atoms with Gasteiger partial charge in [-0.05, 0) is 62.2 Å². The number of aromatic nitrogens is 1. The van der Waals surface area contributed by atoms with Crippen LogP contribution in [-0.4, -0.2) is 67.3 Å². The van der Waals surface area contributed by atoms with E-state index in [1.54, 1.807) is 39.9 Å². The standard InChI is InChI=1S/C24H27BrN4O3S2/c1-17-4-2-3-11-29(17)34(31,32)20-8-5-18(6-9-20)23(30)27-12-14-28(15-13-27)24-26-21-10-7-19(25)16-22(21)33-24/h5-10,16-17H,2-4,11-15H2,1H3. The maximum Gasteiger partial charge on any atom is 0.253 e. The SMILES string of the molecule is CC1CCCCN1S(=O)(=O)c1ccc(C(=O)N2CCN(c3nc4ccc(Br)cc4s3)CC2)cc1. The summed E-state index contributed by atoms with van der Waals surface area (Å²) in [4.78, 5) is 22.1. The second-order valence-corrected chi connectivity index (χ2v) is 12.7. The zero-order chi connectivity index (χ0) is 23.9. The summed E-state index contributed by atoms with van der Waals surface area (Å²) in [6, 6.07) is 12.5. The van der Waals surface area contributed by atoms with Crippen LogP contribution in [0.3, 0.4) is 0 Å². The molecule has 2 aliphatic heterocycles. The monoisotopic (exact) mass is 562 g/mol. The van der Waals surface area contributed by atoms with Gasteiger partial charge < -0.3 is 9.80 Å². The number of sulfonamides is 1. The first-order chi connectivity index (χ1) is 16.3. The summed E-state index contributed by atoms with van der Waals surface area (Å²) in [6.07, 6.45) is 2.83. The lowest BCUT2D eigenvalue weighted by atomic mass is 10.1. The Kier molecular flexibility index (Phi) is 6.67. The van der Waals surface area contributed by atoms with Gasteiger partial charge in [-0.15, -0.1) is 0 Å². The average molecular weight is 564 g/mol. The fourth-order valence-corrected chi connectivity index (χ4v) is 7.91. The Balaban J connectivity index is 1.24. The predicted molar refractivity (Wildman–Crippen MR) is 139 cm³/mol. The van der Waals surface area contributed by atoms with Crippen molar-refractivity contribution in [2.45, 2.75) is 37.1 Å². The third-order valence-corrected chi connectivity index (χ3v) is 10.2. The summed E-state index contributed by atoms with van der Waals surface area (Å²) in [5.74, 6) is -0.0665. The van der Waals surface area contributed by atoms with E-state index in [0.717, 1.165) is 39.1 Å². The zero-order valence-electron chi connectivity index (χ0n) is 19.0. The number of piperidine rings is 1. The summed E-state index contributed by atoms with van der Waals surface area (Å²) in [5, 5.41) is 0.974. The van der Waals surface area contributed by atoms with Gasteiger partial charge in [-0.1, -0.05) is 33.7 Å². The van der Waals surface area contributed by atoms with Gasteiger partial charge >= 0.3 is 0 Å². The highest BCUT2D eigenvalue weighted by molar-refractivity contribution is 9.10. The van der Waals surface area contributed by atoms with Crippen molar-refractivity contribution in [1.82, 2.24) is 14.2 Å². The highest BCUT2D eigenvalue weighted by atomic mass is 79.9. The summed E-state index contributed by atoms with van der Waals surface area (Å²) < 4.78 is 29.9. The number of rotatable bonds is 4. The number of piperazine rings is 1. The van der Waals surface area contributed by atoms with Gasteiger partial charge in [0.25, 0.3) is 5.91 Å². The Morgan fingerprint density at radius 2 is 1.76 bits per heavy atom. The van der Waals surface area contributed by atoms with Gasteiger partial charge in [-0.3, -0.25) is 4.79 Å². The number of anilines is 1. The lowest BCUT2D eigenvalue weighted by Gasteiger charge is -2.34. The first kappa shape index (κ1) is 23.7. The number of nitrogens with zero attached hydrogens (tertiary/aromatic N) is 4. The molecule has 0 N–H and O–H groups in total. The van der Waals surface area contributed by atoms with E-state index in [9.17, 15) is 13.2 Å². The molecule has 10 heteroatoms. The Hall–Kier alpha value is -2.01. The minimum atomic E-state index is -3.54. The number of halogens is 1. The third kappa shape index (κ3) is 4.60. The van der Waals surface area contributed by atoms with Crippen molar-refractivity contribution < 1.29 is 13.2 Å². The molecule has 3 heterocycles. The van der Waals surface area contributed by atoms with Crippen LogP contribution in [0, 0.1) is 0 Å². The maximum absolute atomic E-state index is 13.1. The Bertz CT molecular complexity index is 1300. The van der Waals surface area contributed by atoms with Gasteiger partial charge in [0.15, 0.2) is 5.13 Å². The number of hydrogen-bond acceptors (Lipinski definition) is 6. The van der Waals surface area contributed by atoms with Crippen molar-refractivity contribution in [2.24, 2.45) is 0 Å². The summed E-state index contributed by atoms with van der Waals surface area (Å²) in [6.45, 7) is 5.15. The normalized spacial score (nSPS) is 20.1. The Morgan fingerprint density at radius 1 is 1.03 bits per heavy atom. The molecule has 5 rings (SSSR count). The van der Waals surface area contributed by atoms with Crippen molar-refractivity contribution in [3.63, 3.8) is 0 Å². The fraction of sp³-hybridized carbons (Fsp3) is 0.417. The molecule has 7 nitrogen and oxygen atoms in total. The average Bonchev–Trinajstić information content (AvgIpc) is 3.27. The van der Waals surface area contributed by atoms with Gasteiger partial charge in [0.1, 0.15) is 0 Å². The molecule has 3 aromatic rings. The van der Waals surface area contributed by atoms with Gasteiger partial charge in [-0.2, -0.15) is 4.31 Å². The summed E-state index contributed by atoms with van der Waals surface area (Å²) >= 11 is 5.17. The molecule has 2 aromatic carbocycles. The van der Waals surface area contributed by atoms with Crippen molar-refractivity contribution in [2.75, 3.05) is 37.6 Å². The van der Waals surface area contributed by atoms with E-state index in [0.29, 0.717) is 38.3 Å². The molecule has 0 spiro atoms. The second-order valence-electron chi connectivity index (χ2n) is 8.87.